The summed E-state index contributed by atoms with van der Waals surface area (Å²) in [6, 6.07) is 13.7. The van der Waals surface area contributed by atoms with Crippen LogP contribution in [0.4, 0.5) is 0 Å². The van der Waals surface area contributed by atoms with Gasteiger partial charge >= 0.3 is 0 Å². The normalized spacial score (nSPS) is 10.2. The topological polar surface area (TPSA) is 76.7 Å². The van der Waals surface area contributed by atoms with Crippen LogP contribution in [0.3, 0.4) is 0 Å². The number of rotatable bonds is 7. The van der Waals surface area contributed by atoms with Crippen molar-refractivity contribution in [2.24, 2.45) is 0 Å². The zero-order chi connectivity index (χ0) is 18.1. The van der Waals surface area contributed by atoms with E-state index >= 15 is 0 Å². The average Bonchev–Trinajstić information content (AvgIpc) is 2.64. The zero-order valence-corrected chi connectivity index (χ0v) is 14.4. The lowest BCUT2D eigenvalue weighted by Gasteiger charge is -2.09. The Morgan fingerprint density at radius 2 is 1.36 bits per heavy atom. The van der Waals surface area contributed by atoms with Crippen molar-refractivity contribution in [3.63, 3.8) is 0 Å². The van der Waals surface area contributed by atoms with Gasteiger partial charge in [0.2, 0.25) is 0 Å². The van der Waals surface area contributed by atoms with Crippen LogP contribution in [-0.4, -0.2) is 31.6 Å². The Labute approximate surface area is 147 Å². The molecule has 0 radical (unpaired) electrons. The van der Waals surface area contributed by atoms with Gasteiger partial charge in [0.25, 0.3) is 11.8 Å². The van der Waals surface area contributed by atoms with Crippen LogP contribution in [0, 0.1) is 6.92 Å². The molecule has 0 bridgehead atoms. The first-order valence-electron chi connectivity index (χ1n) is 8.08. The van der Waals surface area contributed by atoms with E-state index in [2.05, 4.69) is 10.9 Å². The second-order valence-electron chi connectivity index (χ2n) is 5.34. The molecule has 0 spiro atoms. The summed E-state index contributed by atoms with van der Waals surface area (Å²) in [4.78, 5) is 24.0. The van der Waals surface area contributed by atoms with E-state index in [9.17, 15) is 9.59 Å². The molecule has 0 aromatic heterocycles. The predicted octanol–water partition coefficient (Wildman–Crippen LogP) is 2.49. The molecule has 0 aliphatic carbocycles. The Morgan fingerprint density at radius 3 is 1.88 bits per heavy atom. The van der Waals surface area contributed by atoms with E-state index < -0.39 is 5.91 Å². The van der Waals surface area contributed by atoms with Crippen molar-refractivity contribution >= 4 is 11.8 Å². The van der Waals surface area contributed by atoms with Crippen molar-refractivity contribution in [1.29, 1.82) is 0 Å². The van der Waals surface area contributed by atoms with Crippen LogP contribution < -0.4 is 15.6 Å². The minimum absolute atomic E-state index is 0.371. The van der Waals surface area contributed by atoms with E-state index in [0.29, 0.717) is 36.7 Å². The van der Waals surface area contributed by atoms with Gasteiger partial charge in [0.15, 0.2) is 0 Å². The first-order valence-corrected chi connectivity index (χ1v) is 8.08. The first kappa shape index (κ1) is 18.5. The second kappa shape index (κ2) is 9.44. The fraction of sp³-hybridized carbons (Fsp3) is 0.263. The fourth-order valence-electron chi connectivity index (χ4n) is 2.03. The standard InChI is InChI=1S/C19H22N2O4/c1-3-24-12-13-25-17-10-8-16(9-11-17)19(23)21-20-18(22)15-6-4-14(2)5-7-15/h4-11H,3,12-13H2,1-2H3,(H,20,22)(H,21,23). The quantitative estimate of drug-likeness (QED) is 0.599. The summed E-state index contributed by atoms with van der Waals surface area (Å²) in [6.45, 7) is 5.48. The molecule has 0 aliphatic rings. The molecule has 0 saturated heterocycles. The van der Waals surface area contributed by atoms with Crippen LogP contribution in [0.25, 0.3) is 0 Å². The number of hydrogen-bond donors (Lipinski definition) is 2. The highest BCUT2D eigenvalue weighted by Crippen LogP contribution is 2.12. The molecule has 6 heteroatoms. The molecule has 2 rings (SSSR count). The third kappa shape index (κ3) is 5.93. The smallest absolute Gasteiger partial charge is 0.269 e. The third-order valence-electron chi connectivity index (χ3n) is 3.42. The number of nitrogens with one attached hydrogen (secondary N) is 2. The van der Waals surface area contributed by atoms with E-state index in [4.69, 9.17) is 9.47 Å². The van der Waals surface area contributed by atoms with Crippen molar-refractivity contribution in [2.45, 2.75) is 13.8 Å². The van der Waals surface area contributed by atoms with Gasteiger partial charge in [-0.1, -0.05) is 17.7 Å². The minimum atomic E-state index is -0.402. The van der Waals surface area contributed by atoms with E-state index in [1.165, 1.54) is 0 Å². The molecule has 0 saturated carbocycles. The van der Waals surface area contributed by atoms with E-state index in [-0.39, 0.29) is 5.91 Å². The Bertz CT molecular complexity index is 696. The van der Waals surface area contributed by atoms with Crippen LogP contribution >= 0.6 is 0 Å². The summed E-state index contributed by atoms with van der Waals surface area (Å²) in [5, 5.41) is 0. The molecule has 0 atom stereocenters. The van der Waals surface area contributed by atoms with Gasteiger partial charge in [0.1, 0.15) is 12.4 Å². The number of aryl methyl sites for hydroxylation is 1. The monoisotopic (exact) mass is 342 g/mol. The summed E-state index contributed by atoms with van der Waals surface area (Å²) in [5.74, 6) is -0.120. The van der Waals surface area contributed by atoms with Gasteiger partial charge in [0.05, 0.1) is 6.61 Å². The Balaban J connectivity index is 1.82. The molecule has 25 heavy (non-hydrogen) atoms. The molecular weight excluding hydrogens is 320 g/mol. The summed E-state index contributed by atoms with van der Waals surface area (Å²) in [7, 11) is 0. The highest BCUT2D eigenvalue weighted by Gasteiger charge is 2.09. The molecule has 6 nitrogen and oxygen atoms in total. The molecular formula is C19H22N2O4. The van der Waals surface area contributed by atoms with Crippen molar-refractivity contribution in [1.82, 2.24) is 10.9 Å². The van der Waals surface area contributed by atoms with Crippen LogP contribution in [-0.2, 0) is 4.74 Å². The van der Waals surface area contributed by atoms with Gasteiger partial charge in [0, 0.05) is 17.7 Å². The van der Waals surface area contributed by atoms with E-state index in [0.717, 1.165) is 5.56 Å². The highest BCUT2D eigenvalue weighted by atomic mass is 16.5. The van der Waals surface area contributed by atoms with E-state index in [1.54, 1.807) is 36.4 Å². The first-order chi connectivity index (χ1) is 12.1. The highest BCUT2D eigenvalue weighted by molar-refractivity contribution is 5.99. The summed E-state index contributed by atoms with van der Waals surface area (Å²) in [6.07, 6.45) is 0. The number of amides is 2. The Morgan fingerprint density at radius 1 is 0.840 bits per heavy atom. The van der Waals surface area contributed by atoms with Gasteiger partial charge in [-0.15, -0.1) is 0 Å². The second-order valence-corrected chi connectivity index (χ2v) is 5.34. The Kier molecular flexibility index (Phi) is 6.98. The number of carbonyl (C=O) groups is 2. The van der Waals surface area contributed by atoms with Crippen molar-refractivity contribution < 1.29 is 19.1 Å². The largest absolute Gasteiger partial charge is 0.491 e. The van der Waals surface area contributed by atoms with Gasteiger partial charge in [-0.2, -0.15) is 0 Å². The van der Waals surface area contributed by atoms with Crippen LogP contribution in [0.2, 0.25) is 0 Å². The third-order valence-corrected chi connectivity index (χ3v) is 3.42. The minimum Gasteiger partial charge on any atom is -0.491 e. The van der Waals surface area contributed by atoms with E-state index in [1.807, 2.05) is 26.0 Å². The molecule has 0 unspecified atom stereocenters. The average molecular weight is 342 g/mol. The predicted molar refractivity (Wildman–Crippen MR) is 94.5 cm³/mol. The SMILES string of the molecule is CCOCCOc1ccc(C(=O)NNC(=O)c2ccc(C)cc2)cc1. The molecule has 132 valence electrons. The summed E-state index contributed by atoms with van der Waals surface area (Å²) >= 11 is 0. The van der Waals surface area contributed by atoms with Crippen molar-refractivity contribution in [3.8, 4) is 5.75 Å². The fourth-order valence-corrected chi connectivity index (χ4v) is 2.03. The lowest BCUT2D eigenvalue weighted by molar-refractivity contribution is 0.0846. The summed E-state index contributed by atoms with van der Waals surface area (Å²) in [5.41, 5.74) is 6.74. The molecule has 2 amide bonds. The zero-order valence-electron chi connectivity index (χ0n) is 14.4. The molecule has 2 aromatic rings. The molecule has 0 fully saturated rings. The van der Waals surface area contributed by atoms with Crippen LogP contribution in [0.15, 0.2) is 48.5 Å². The Hall–Kier alpha value is -2.86. The molecule has 0 heterocycles. The molecule has 2 aromatic carbocycles. The molecule has 2 N–H and O–H groups in total. The number of benzene rings is 2. The van der Waals surface area contributed by atoms with Gasteiger partial charge < -0.3 is 9.47 Å². The number of hydrogen-bond acceptors (Lipinski definition) is 4. The van der Waals surface area contributed by atoms with Crippen molar-refractivity contribution in [2.75, 3.05) is 19.8 Å². The number of hydrazine groups is 1. The lowest BCUT2D eigenvalue weighted by Crippen LogP contribution is -2.41. The number of carbonyl (C=O) groups excluding carboxylic acids is 2. The lowest BCUT2D eigenvalue weighted by atomic mass is 10.1. The van der Waals surface area contributed by atoms with Crippen LogP contribution in [0.1, 0.15) is 33.2 Å². The maximum absolute atomic E-state index is 12.1. The van der Waals surface area contributed by atoms with Gasteiger partial charge in [-0.05, 0) is 50.2 Å². The van der Waals surface area contributed by atoms with Crippen molar-refractivity contribution in [3.05, 3.63) is 65.2 Å². The van der Waals surface area contributed by atoms with Gasteiger partial charge in [-0.25, -0.2) is 0 Å². The summed E-state index contributed by atoms with van der Waals surface area (Å²) < 4.78 is 10.7. The van der Waals surface area contributed by atoms with Crippen LogP contribution in [0.5, 0.6) is 5.75 Å². The van der Waals surface area contributed by atoms with Gasteiger partial charge in [-0.3, -0.25) is 20.4 Å². The molecule has 0 aliphatic heterocycles. The maximum Gasteiger partial charge on any atom is 0.269 e. The maximum atomic E-state index is 12.1. The number of ether oxygens (including phenoxy) is 2.